The molecule has 0 radical (unpaired) electrons. The van der Waals surface area contributed by atoms with Crippen LogP contribution in [0.1, 0.15) is 43.0 Å². The van der Waals surface area contributed by atoms with Crippen molar-refractivity contribution in [3.63, 3.8) is 0 Å². The van der Waals surface area contributed by atoms with Crippen LogP contribution in [0.25, 0.3) is 0 Å². The fourth-order valence-electron chi connectivity index (χ4n) is 2.52. The monoisotopic (exact) mass is 328 g/mol. The second kappa shape index (κ2) is 5.90. The summed E-state index contributed by atoms with van der Waals surface area (Å²) in [5.74, 6) is -0.235. The molecule has 1 amide bonds. The molecular weight excluding hydrogens is 311 g/mol. The third-order valence-corrected chi connectivity index (χ3v) is 4.42. The van der Waals surface area contributed by atoms with E-state index < -0.39 is 5.82 Å². The molecule has 0 heterocycles. The summed E-state index contributed by atoms with van der Waals surface area (Å²) in [7, 11) is 0. The van der Waals surface area contributed by atoms with Crippen LogP contribution in [0.4, 0.5) is 10.1 Å². The van der Waals surface area contributed by atoms with Crippen molar-refractivity contribution in [2.24, 2.45) is 5.92 Å². The van der Waals surface area contributed by atoms with E-state index in [0.717, 1.165) is 19.3 Å². The van der Waals surface area contributed by atoms with Gasteiger partial charge in [0.05, 0.1) is 11.3 Å². The van der Waals surface area contributed by atoms with Crippen molar-refractivity contribution >= 4 is 27.5 Å². The van der Waals surface area contributed by atoms with Crippen LogP contribution in [0.5, 0.6) is 0 Å². The van der Waals surface area contributed by atoms with Gasteiger partial charge in [-0.25, -0.2) is 4.39 Å². The summed E-state index contributed by atoms with van der Waals surface area (Å²) in [5, 5.41) is 3.03. The smallest absolute Gasteiger partial charge is 0.252 e. The topological polar surface area (TPSA) is 55.1 Å². The van der Waals surface area contributed by atoms with Crippen molar-refractivity contribution in [1.82, 2.24) is 5.32 Å². The van der Waals surface area contributed by atoms with Crippen LogP contribution < -0.4 is 11.1 Å². The number of carbonyl (C=O) groups excluding carboxylic acids is 1. The molecule has 1 aromatic rings. The molecule has 19 heavy (non-hydrogen) atoms. The van der Waals surface area contributed by atoms with E-state index in [4.69, 9.17) is 5.73 Å². The van der Waals surface area contributed by atoms with Crippen LogP contribution in [-0.2, 0) is 0 Å². The molecule has 0 aliphatic heterocycles. The Balaban J connectivity index is 2.13. The molecule has 0 bridgehead atoms. The molecule has 104 valence electrons. The zero-order valence-corrected chi connectivity index (χ0v) is 12.5. The van der Waals surface area contributed by atoms with Gasteiger partial charge in [0.15, 0.2) is 0 Å². The zero-order chi connectivity index (χ0) is 14.0. The van der Waals surface area contributed by atoms with Crippen LogP contribution in [0.3, 0.4) is 0 Å². The summed E-state index contributed by atoms with van der Waals surface area (Å²) in [6, 6.07) is 2.80. The first kappa shape index (κ1) is 14.3. The molecule has 1 aliphatic rings. The van der Waals surface area contributed by atoms with E-state index >= 15 is 0 Å². The Kier molecular flexibility index (Phi) is 4.45. The van der Waals surface area contributed by atoms with Gasteiger partial charge >= 0.3 is 0 Å². The zero-order valence-electron chi connectivity index (χ0n) is 10.9. The fraction of sp³-hybridized carbons (Fsp3) is 0.500. The quantitative estimate of drug-likeness (QED) is 0.816. The number of nitrogens with one attached hydrogen (secondary N) is 1. The molecule has 1 fully saturated rings. The summed E-state index contributed by atoms with van der Waals surface area (Å²) in [5.41, 5.74) is 5.89. The van der Waals surface area contributed by atoms with Gasteiger partial charge in [-0.2, -0.15) is 0 Å². The minimum absolute atomic E-state index is 0.00922. The highest BCUT2D eigenvalue weighted by Crippen LogP contribution is 2.26. The van der Waals surface area contributed by atoms with Crippen molar-refractivity contribution in [3.8, 4) is 0 Å². The van der Waals surface area contributed by atoms with Gasteiger partial charge in [-0.05, 0) is 46.8 Å². The van der Waals surface area contributed by atoms with E-state index in [1.54, 1.807) is 0 Å². The second-order valence-corrected chi connectivity index (χ2v) is 6.05. The standard InChI is InChI=1S/C14H18BrFN2O/c1-8-4-2-3-5-13(8)18-14(19)9-6-12(17)11(16)7-10(9)15/h6-8,13H,2-5,17H2,1H3,(H,18,19). The maximum absolute atomic E-state index is 13.3. The van der Waals surface area contributed by atoms with Crippen LogP contribution >= 0.6 is 15.9 Å². The molecule has 2 unspecified atom stereocenters. The van der Waals surface area contributed by atoms with E-state index in [9.17, 15) is 9.18 Å². The molecule has 0 spiro atoms. The number of hydrogen-bond donors (Lipinski definition) is 2. The van der Waals surface area contributed by atoms with Gasteiger partial charge in [-0.1, -0.05) is 19.8 Å². The number of rotatable bonds is 2. The Bertz CT molecular complexity index is 493. The molecule has 3 nitrogen and oxygen atoms in total. The fourth-order valence-corrected chi connectivity index (χ4v) is 3.01. The Morgan fingerprint density at radius 1 is 1.42 bits per heavy atom. The van der Waals surface area contributed by atoms with E-state index in [1.165, 1.54) is 18.6 Å². The predicted molar refractivity (Wildman–Crippen MR) is 77.4 cm³/mol. The van der Waals surface area contributed by atoms with Crippen molar-refractivity contribution in [2.45, 2.75) is 38.6 Å². The minimum atomic E-state index is -0.519. The highest BCUT2D eigenvalue weighted by Gasteiger charge is 2.24. The average Bonchev–Trinajstić information content (AvgIpc) is 2.36. The summed E-state index contributed by atoms with van der Waals surface area (Å²) < 4.78 is 13.7. The van der Waals surface area contributed by atoms with Gasteiger partial charge in [-0.15, -0.1) is 0 Å². The number of halogens is 2. The number of hydrogen-bond acceptors (Lipinski definition) is 2. The second-order valence-electron chi connectivity index (χ2n) is 5.20. The predicted octanol–water partition coefficient (Wildman–Crippen LogP) is 3.48. The largest absolute Gasteiger partial charge is 0.396 e. The first-order valence-electron chi connectivity index (χ1n) is 6.54. The van der Waals surface area contributed by atoms with Gasteiger partial charge < -0.3 is 11.1 Å². The number of amides is 1. The Labute approximate surface area is 120 Å². The summed E-state index contributed by atoms with van der Waals surface area (Å²) in [4.78, 5) is 12.2. The molecule has 0 saturated heterocycles. The molecule has 1 aliphatic carbocycles. The van der Waals surface area contributed by atoms with Gasteiger partial charge in [0.2, 0.25) is 0 Å². The number of benzene rings is 1. The molecule has 5 heteroatoms. The lowest BCUT2D eigenvalue weighted by Crippen LogP contribution is -2.41. The Morgan fingerprint density at radius 2 is 2.11 bits per heavy atom. The van der Waals surface area contributed by atoms with E-state index in [1.807, 2.05) is 0 Å². The normalized spacial score (nSPS) is 23.1. The highest BCUT2D eigenvalue weighted by atomic mass is 79.9. The molecule has 0 aromatic heterocycles. The minimum Gasteiger partial charge on any atom is -0.396 e. The third-order valence-electron chi connectivity index (χ3n) is 3.76. The molecule has 1 saturated carbocycles. The Hall–Kier alpha value is -1.10. The first-order chi connectivity index (χ1) is 8.99. The van der Waals surface area contributed by atoms with Gasteiger partial charge in [0, 0.05) is 10.5 Å². The van der Waals surface area contributed by atoms with E-state index in [0.29, 0.717) is 16.0 Å². The first-order valence-corrected chi connectivity index (χ1v) is 7.33. The lowest BCUT2D eigenvalue weighted by molar-refractivity contribution is 0.0909. The summed E-state index contributed by atoms with van der Waals surface area (Å²) in [6.45, 7) is 2.15. The van der Waals surface area contributed by atoms with Crippen LogP contribution in [0.15, 0.2) is 16.6 Å². The summed E-state index contributed by atoms with van der Waals surface area (Å²) >= 11 is 3.21. The van der Waals surface area contributed by atoms with Crippen LogP contribution in [0, 0.1) is 11.7 Å². The molecule has 2 rings (SSSR count). The lowest BCUT2D eigenvalue weighted by atomic mass is 9.86. The number of nitrogens with two attached hydrogens (primary N) is 1. The molecular formula is C14H18BrFN2O. The van der Waals surface area contributed by atoms with Crippen LogP contribution in [0.2, 0.25) is 0 Å². The van der Waals surface area contributed by atoms with Crippen molar-refractivity contribution in [2.75, 3.05) is 5.73 Å². The highest BCUT2D eigenvalue weighted by molar-refractivity contribution is 9.10. The molecule has 1 aromatic carbocycles. The molecule has 2 atom stereocenters. The number of carbonyl (C=O) groups is 1. The maximum atomic E-state index is 13.3. The van der Waals surface area contributed by atoms with Crippen molar-refractivity contribution in [3.05, 3.63) is 28.0 Å². The SMILES string of the molecule is CC1CCCCC1NC(=O)c1cc(N)c(F)cc1Br. The van der Waals surface area contributed by atoms with Crippen molar-refractivity contribution in [1.29, 1.82) is 0 Å². The number of anilines is 1. The third kappa shape index (κ3) is 3.26. The van der Waals surface area contributed by atoms with Gasteiger partial charge in [-0.3, -0.25) is 4.79 Å². The Morgan fingerprint density at radius 3 is 2.79 bits per heavy atom. The van der Waals surface area contributed by atoms with Gasteiger partial charge in [0.25, 0.3) is 5.91 Å². The van der Waals surface area contributed by atoms with E-state index in [-0.39, 0.29) is 17.6 Å². The lowest BCUT2D eigenvalue weighted by Gasteiger charge is -2.29. The average molecular weight is 329 g/mol. The molecule has 3 N–H and O–H groups in total. The van der Waals surface area contributed by atoms with Crippen molar-refractivity contribution < 1.29 is 9.18 Å². The summed E-state index contributed by atoms with van der Waals surface area (Å²) in [6.07, 6.45) is 4.50. The van der Waals surface area contributed by atoms with E-state index in [2.05, 4.69) is 28.2 Å². The number of nitrogen functional groups attached to an aromatic ring is 1. The van der Waals surface area contributed by atoms with Gasteiger partial charge in [0.1, 0.15) is 5.82 Å². The maximum Gasteiger partial charge on any atom is 0.252 e. The van der Waals surface area contributed by atoms with Crippen LogP contribution in [-0.4, -0.2) is 11.9 Å².